The molecule has 0 aromatic rings. The lowest BCUT2D eigenvalue weighted by molar-refractivity contribution is 0.217. The van der Waals surface area contributed by atoms with E-state index in [1.165, 1.54) is 19.3 Å². The van der Waals surface area contributed by atoms with Crippen molar-refractivity contribution < 1.29 is 0 Å². The zero-order valence-electron chi connectivity index (χ0n) is 6.98. The highest BCUT2D eigenvalue weighted by Crippen LogP contribution is 2.30. The summed E-state index contributed by atoms with van der Waals surface area (Å²) in [5, 5.41) is 3.51. The van der Waals surface area contributed by atoms with Gasteiger partial charge in [0, 0.05) is 12.1 Å². The molecule has 0 spiro atoms. The van der Waals surface area contributed by atoms with Gasteiger partial charge >= 0.3 is 0 Å². The first kappa shape index (κ1) is 7.80. The van der Waals surface area contributed by atoms with Crippen LogP contribution in [0.25, 0.3) is 0 Å². The fraction of sp³-hybridized carbons (Fsp3) is 0.778. The van der Waals surface area contributed by atoms with Crippen LogP contribution in [0.4, 0.5) is 0 Å². The topological polar surface area (TPSA) is 12.0 Å². The first-order chi connectivity index (χ1) is 4.77. The molecule has 1 N–H and O–H groups in total. The molecule has 0 aromatic carbocycles. The average Bonchev–Trinajstić information content (AvgIpc) is 1.85. The fourth-order valence-corrected chi connectivity index (χ4v) is 1.31. The van der Waals surface area contributed by atoms with Gasteiger partial charge in [0.2, 0.25) is 0 Å². The number of nitrogens with one attached hydrogen (secondary N) is 1. The second-order valence-corrected chi connectivity index (χ2v) is 3.36. The van der Waals surface area contributed by atoms with Crippen molar-refractivity contribution >= 4 is 0 Å². The molecule has 1 aliphatic rings. The minimum Gasteiger partial charge on any atom is -0.308 e. The van der Waals surface area contributed by atoms with Gasteiger partial charge in [0.05, 0.1) is 0 Å². The SMILES string of the molecule is C/C=C/CNC1(C)CCC1. The highest BCUT2D eigenvalue weighted by atomic mass is 15.0. The monoisotopic (exact) mass is 139 g/mol. The molecular formula is C9H17N. The molecule has 0 aromatic heterocycles. The van der Waals surface area contributed by atoms with Gasteiger partial charge in [0.25, 0.3) is 0 Å². The van der Waals surface area contributed by atoms with Gasteiger partial charge in [-0.15, -0.1) is 0 Å². The zero-order valence-corrected chi connectivity index (χ0v) is 6.98. The summed E-state index contributed by atoms with van der Waals surface area (Å²) in [7, 11) is 0. The molecule has 1 aliphatic carbocycles. The third-order valence-electron chi connectivity index (χ3n) is 2.34. The molecule has 0 aliphatic heterocycles. The molecule has 1 rings (SSSR count). The zero-order chi connectivity index (χ0) is 7.45. The van der Waals surface area contributed by atoms with Crippen LogP contribution in [0, 0.1) is 0 Å². The van der Waals surface area contributed by atoms with Gasteiger partial charge in [0.1, 0.15) is 0 Å². The Labute approximate surface area is 63.5 Å². The van der Waals surface area contributed by atoms with Crippen LogP contribution in [-0.4, -0.2) is 12.1 Å². The Morgan fingerprint density at radius 3 is 2.60 bits per heavy atom. The third-order valence-corrected chi connectivity index (χ3v) is 2.34. The van der Waals surface area contributed by atoms with Crippen LogP contribution in [0.15, 0.2) is 12.2 Å². The summed E-state index contributed by atoms with van der Waals surface area (Å²) in [4.78, 5) is 0. The lowest BCUT2D eigenvalue weighted by Gasteiger charge is -2.39. The normalized spacial score (nSPS) is 23.0. The van der Waals surface area contributed by atoms with Gasteiger partial charge in [-0.25, -0.2) is 0 Å². The van der Waals surface area contributed by atoms with Gasteiger partial charge in [-0.2, -0.15) is 0 Å². The van der Waals surface area contributed by atoms with Crippen LogP contribution in [0.5, 0.6) is 0 Å². The summed E-state index contributed by atoms with van der Waals surface area (Å²) >= 11 is 0. The summed E-state index contributed by atoms with van der Waals surface area (Å²) in [6.45, 7) is 5.40. The molecule has 0 amide bonds. The van der Waals surface area contributed by atoms with Crippen molar-refractivity contribution in [2.24, 2.45) is 0 Å². The number of hydrogen-bond acceptors (Lipinski definition) is 1. The lowest BCUT2D eigenvalue weighted by Crippen LogP contribution is -2.48. The Morgan fingerprint density at radius 1 is 1.50 bits per heavy atom. The van der Waals surface area contributed by atoms with Crippen molar-refractivity contribution in [3.63, 3.8) is 0 Å². The molecule has 1 saturated carbocycles. The summed E-state index contributed by atoms with van der Waals surface area (Å²) in [6, 6.07) is 0. The maximum absolute atomic E-state index is 3.51. The molecule has 58 valence electrons. The van der Waals surface area contributed by atoms with Crippen LogP contribution in [0.3, 0.4) is 0 Å². The quantitative estimate of drug-likeness (QED) is 0.590. The molecule has 1 nitrogen and oxygen atoms in total. The summed E-state index contributed by atoms with van der Waals surface area (Å²) in [5.74, 6) is 0. The molecule has 0 radical (unpaired) electrons. The fourth-order valence-electron chi connectivity index (χ4n) is 1.31. The van der Waals surface area contributed by atoms with E-state index < -0.39 is 0 Å². The van der Waals surface area contributed by atoms with E-state index in [9.17, 15) is 0 Å². The van der Waals surface area contributed by atoms with Gasteiger partial charge in [0.15, 0.2) is 0 Å². The van der Waals surface area contributed by atoms with E-state index in [0.29, 0.717) is 5.54 Å². The standard InChI is InChI=1S/C9H17N/c1-3-4-8-10-9(2)6-5-7-9/h3-4,10H,5-8H2,1-2H3/b4-3+. The predicted molar refractivity (Wildman–Crippen MR) is 45.1 cm³/mol. The Balaban J connectivity index is 2.12. The number of allylic oxidation sites excluding steroid dienone is 1. The molecule has 0 heterocycles. The van der Waals surface area contributed by atoms with Crippen molar-refractivity contribution in [1.82, 2.24) is 5.32 Å². The summed E-state index contributed by atoms with van der Waals surface area (Å²) in [6.07, 6.45) is 8.37. The predicted octanol–water partition coefficient (Wildman–Crippen LogP) is 2.09. The second kappa shape index (κ2) is 3.20. The third kappa shape index (κ3) is 1.84. The minimum absolute atomic E-state index is 0.472. The number of rotatable bonds is 3. The lowest BCUT2D eigenvalue weighted by atomic mass is 9.78. The maximum Gasteiger partial charge on any atom is 0.0156 e. The summed E-state index contributed by atoms with van der Waals surface area (Å²) < 4.78 is 0. The molecular weight excluding hydrogens is 122 g/mol. The van der Waals surface area contributed by atoms with Crippen LogP contribution in [-0.2, 0) is 0 Å². The Kier molecular flexibility index (Phi) is 2.50. The highest BCUT2D eigenvalue weighted by molar-refractivity contribution is 4.94. The highest BCUT2D eigenvalue weighted by Gasteiger charge is 2.29. The van der Waals surface area contributed by atoms with Crippen molar-refractivity contribution in [3.05, 3.63) is 12.2 Å². The smallest absolute Gasteiger partial charge is 0.0156 e. The van der Waals surface area contributed by atoms with Crippen LogP contribution < -0.4 is 5.32 Å². The van der Waals surface area contributed by atoms with Crippen molar-refractivity contribution in [1.29, 1.82) is 0 Å². The van der Waals surface area contributed by atoms with E-state index in [1.807, 2.05) is 0 Å². The minimum atomic E-state index is 0.472. The van der Waals surface area contributed by atoms with Crippen molar-refractivity contribution in [3.8, 4) is 0 Å². The average molecular weight is 139 g/mol. The van der Waals surface area contributed by atoms with Gasteiger partial charge in [-0.1, -0.05) is 12.2 Å². The summed E-state index contributed by atoms with van der Waals surface area (Å²) in [5.41, 5.74) is 0.472. The van der Waals surface area contributed by atoms with Gasteiger partial charge in [-0.3, -0.25) is 0 Å². The molecule has 0 atom stereocenters. The van der Waals surface area contributed by atoms with Crippen LogP contribution in [0.1, 0.15) is 33.1 Å². The Morgan fingerprint density at radius 2 is 2.20 bits per heavy atom. The largest absolute Gasteiger partial charge is 0.308 e. The molecule has 0 bridgehead atoms. The van der Waals surface area contributed by atoms with E-state index in [4.69, 9.17) is 0 Å². The van der Waals surface area contributed by atoms with E-state index in [1.54, 1.807) is 0 Å². The molecule has 10 heavy (non-hydrogen) atoms. The molecule has 0 saturated heterocycles. The van der Waals surface area contributed by atoms with Gasteiger partial charge < -0.3 is 5.32 Å². The Bertz CT molecular complexity index is 123. The molecule has 1 heteroatoms. The first-order valence-electron chi connectivity index (χ1n) is 4.13. The maximum atomic E-state index is 3.51. The number of hydrogen-bond donors (Lipinski definition) is 1. The second-order valence-electron chi connectivity index (χ2n) is 3.36. The first-order valence-corrected chi connectivity index (χ1v) is 4.13. The van der Waals surface area contributed by atoms with Crippen LogP contribution in [0.2, 0.25) is 0 Å². The van der Waals surface area contributed by atoms with Crippen LogP contribution >= 0.6 is 0 Å². The van der Waals surface area contributed by atoms with Gasteiger partial charge in [-0.05, 0) is 33.1 Å². The van der Waals surface area contributed by atoms with E-state index in [2.05, 4.69) is 31.3 Å². The molecule has 0 unspecified atom stereocenters. The van der Waals surface area contributed by atoms with E-state index >= 15 is 0 Å². The van der Waals surface area contributed by atoms with E-state index in [0.717, 1.165) is 6.54 Å². The Hall–Kier alpha value is -0.300. The molecule has 1 fully saturated rings. The van der Waals surface area contributed by atoms with Crippen molar-refractivity contribution in [2.45, 2.75) is 38.6 Å². The van der Waals surface area contributed by atoms with Crippen molar-refractivity contribution in [2.75, 3.05) is 6.54 Å². The van der Waals surface area contributed by atoms with E-state index in [-0.39, 0.29) is 0 Å².